The number of esters is 3. The summed E-state index contributed by atoms with van der Waals surface area (Å²) < 4.78 is 16.9. The highest BCUT2D eigenvalue weighted by Crippen LogP contribution is 2.16. The van der Waals surface area contributed by atoms with Crippen molar-refractivity contribution in [2.75, 3.05) is 13.2 Å². The number of hydrogen-bond donors (Lipinski definition) is 0. The van der Waals surface area contributed by atoms with Crippen LogP contribution in [0.3, 0.4) is 0 Å². The average molecular weight is 1150 g/mol. The van der Waals surface area contributed by atoms with Gasteiger partial charge in [-0.25, -0.2) is 0 Å². The van der Waals surface area contributed by atoms with Crippen LogP contribution in [0.1, 0.15) is 303 Å². The zero-order chi connectivity index (χ0) is 59.9. The Morgan fingerprint density at radius 1 is 0.253 bits per heavy atom. The Hall–Kier alpha value is -4.71. The molecular formula is C77H126O6. The van der Waals surface area contributed by atoms with Gasteiger partial charge in [-0.1, -0.05) is 295 Å². The standard InChI is InChI=1S/C77H126O6/c1-4-7-10-13-16-19-22-24-26-28-30-31-32-33-34-35-36-37-38-39-40-41-42-43-44-45-47-48-50-52-55-58-61-64-67-70-76(79)82-73-74(72-81-75(78)69-66-63-60-57-54-21-18-15-12-9-6-3)83-77(80)71-68-65-62-59-56-53-51-49-46-29-27-25-23-20-17-14-11-8-5-2/h7-8,10-11,15-20,24-27,30-31,33-34,36-37,39-40,46,49,74H,4-6,9,12-14,21-23,28-29,32,35,38,41-45,47-48,50-73H2,1-3H3/b10-7-,11-8-,18-15-,19-16-,20-17-,26-24-,27-25-,31-30-,34-33-,37-36-,40-39-,49-46-. The molecule has 0 fully saturated rings. The van der Waals surface area contributed by atoms with Crippen molar-refractivity contribution in [3.8, 4) is 0 Å². The molecule has 470 valence electrons. The van der Waals surface area contributed by atoms with Crippen molar-refractivity contribution in [1.82, 2.24) is 0 Å². The minimum absolute atomic E-state index is 0.0896. The van der Waals surface area contributed by atoms with Crippen molar-refractivity contribution in [2.24, 2.45) is 0 Å². The third-order valence-corrected chi connectivity index (χ3v) is 14.3. The van der Waals surface area contributed by atoms with Gasteiger partial charge in [0.15, 0.2) is 6.10 Å². The lowest BCUT2D eigenvalue weighted by atomic mass is 10.0. The lowest BCUT2D eigenvalue weighted by Gasteiger charge is -2.18. The zero-order valence-corrected chi connectivity index (χ0v) is 53.9. The molecule has 83 heavy (non-hydrogen) atoms. The summed E-state index contributed by atoms with van der Waals surface area (Å²) in [5.74, 6) is -0.911. The van der Waals surface area contributed by atoms with Gasteiger partial charge in [-0.2, -0.15) is 0 Å². The highest BCUT2D eigenvalue weighted by molar-refractivity contribution is 5.71. The fourth-order valence-corrected chi connectivity index (χ4v) is 9.22. The largest absolute Gasteiger partial charge is 0.462 e. The highest BCUT2D eigenvalue weighted by atomic mass is 16.6. The Morgan fingerprint density at radius 3 is 0.747 bits per heavy atom. The van der Waals surface area contributed by atoms with E-state index in [0.717, 1.165) is 154 Å². The SMILES string of the molecule is CC/C=C\C/C=C\C/C=C\C/C=C\C/C=C\C/C=C\C/C=C\CCCCCCCCCCCCCCCC(=O)OCC(COC(=O)CCCCCCC/C=C\CCCC)OC(=O)CCCCCCCC/C=C\C/C=C\C/C=C\C/C=C\CC. The Kier molecular flexibility index (Phi) is 65.8. The second-order valence-electron chi connectivity index (χ2n) is 22.3. The quantitative estimate of drug-likeness (QED) is 0.0261. The maximum Gasteiger partial charge on any atom is 0.306 e. The molecule has 0 aliphatic carbocycles. The van der Waals surface area contributed by atoms with E-state index in [9.17, 15) is 14.4 Å². The first-order chi connectivity index (χ1) is 41.0. The summed E-state index contributed by atoms with van der Waals surface area (Å²) in [5, 5.41) is 0. The highest BCUT2D eigenvalue weighted by Gasteiger charge is 2.19. The number of carbonyl (C=O) groups excluding carboxylic acids is 3. The molecule has 0 saturated carbocycles. The molecule has 0 aromatic carbocycles. The van der Waals surface area contributed by atoms with Gasteiger partial charge in [-0.15, -0.1) is 0 Å². The van der Waals surface area contributed by atoms with E-state index < -0.39 is 6.10 Å². The van der Waals surface area contributed by atoms with E-state index in [-0.39, 0.29) is 31.1 Å². The fourth-order valence-electron chi connectivity index (χ4n) is 9.22. The van der Waals surface area contributed by atoms with Gasteiger partial charge in [0.25, 0.3) is 0 Å². The van der Waals surface area contributed by atoms with Crippen LogP contribution >= 0.6 is 0 Å². The van der Waals surface area contributed by atoms with Crippen molar-refractivity contribution in [2.45, 2.75) is 309 Å². The molecule has 0 aromatic heterocycles. The lowest BCUT2D eigenvalue weighted by Crippen LogP contribution is -2.30. The van der Waals surface area contributed by atoms with E-state index in [1.165, 1.54) is 109 Å². The van der Waals surface area contributed by atoms with Crippen LogP contribution in [0.25, 0.3) is 0 Å². The summed E-state index contributed by atoms with van der Waals surface area (Å²) in [7, 11) is 0. The molecule has 0 aliphatic rings. The van der Waals surface area contributed by atoms with Crippen LogP contribution < -0.4 is 0 Å². The average Bonchev–Trinajstić information content (AvgIpc) is 3.48. The molecule has 0 amide bonds. The molecule has 0 aliphatic heterocycles. The van der Waals surface area contributed by atoms with Crippen molar-refractivity contribution in [3.63, 3.8) is 0 Å². The van der Waals surface area contributed by atoms with Gasteiger partial charge in [0.2, 0.25) is 0 Å². The topological polar surface area (TPSA) is 78.9 Å². The van der Waals surface area contributed by atoms with Crippen LogP contribution in [0.2, 0.25) is 0 Å². The Balaban J connectivity index is 4.21. The summed E-state index contributed by atoms with van der Waals surface area (Å²) in [5.41, 5.74) is 0. The van der Waals surface area contributed by atoms with E-state index in [2.05, 4.69) is 167 Å². The Morgan fingerprint density at radius 2 is 0.470 bits per heavy atom. The van der Waals surface area contributed by atoms with Crippen LogP contribution in [-0.4, -0.2) is 37.2 Å². The molecule has 0 aromatic rings. The molecule has 0 rings (SSSR count). The van der Waals surface area contributed by atoms with Crippen LogP contribution in [0.4, 0.5) is 0 Å². The molecule has 6 nitrogen and oxygen atoms in total. The second-order valence-corrected chi connectivity index (χ2v) is 22.3. The lowest BCUT2D eigenvalue weighted by molar-refractivity contribution is -0.167. The summed E-state index contributed by atoms with van der Waals surface area (Å²) in [4.78, 5) is 38.3. The maximum atomic E-state index is 12.9. The molecule has 0 bridgehead atoms. The van der Waals surface area contributed by atoms with Crippen molar-refractivity contribution in [1.29, 1.82) is 0 Å². The summed E-state index contributed by atoms with van der Waals surface area (Å²) >= 11 is 0. The number of allylic oxidation sites excluding steroid dienone is 24. The third-order valence-electron chi connectivity index (χ3n) is 14.3. The first-order valence-electron chi connectivity index (χ1n) is 34.3. The van der Waals surface area contributed by atoms with Crippen LogP contribution in [-0.2, 0) is 28.6 Å². The fraction of sp³-hybridized carbons (Fsp3) is 0.649. The summed E-state index contributed by atoms with van der Waals surface area (Å²) in [6.07, 6.45) is 100. The zero-order valence-electron chi connectivity index (χ0n) is 53.9. The number of hydrogen-bond acceptors (Lipinski definition) is 6. The molecule has 0 spiro atoms. The normalized spacial score (nSPS) is 13.0. The molecule has 0 saturated heterocycles. The van der Waals surface area contributed by atoms with Gasteiger partial charge in [-0.05, 0) is 135 Å². The maximum absolute atomic E-state index is 12.9. The van der Waals surface area contributed by atoms with Gasteiger partial charge < -0.3 is 14.2 Å². The number of unbranched alkanes of at least 4 members (excludes halogenated alkanes) is 26. The molecule has 6 heteroatoms. The third kappa shape index (κ3) is 68.0. The predicted octanol–water partition coefficient (Wildman–Crippen LogP) is 23.9. The molecule has 0 N–H and O–H groups in total. The number of carbonyl (C=O) groups is 3. The molecular weight excluding hydrogens is 1020 g/mol. The number of rotatable bonds is 61. The smallest absolute Gasteiger partial charge is 0.306 e. The van der Waals surface area contributed by atoms with E-state index in [4.69, 9.17) is 14.2 Å². The Labute approximate surface area is 512 Å². The second kappa shape index (κ2) is 69.8. The number of ether oxygens (including phenoxy) is 3. The van der Waals surface area contributed by atoms with Crippen molar-refractivity contribution < 1.29 is 28.6 Å². The summed E-state index contributed by atoms with van der Waals surface area (Å²) in [6, 6.07) is 0. The van der Waals surface area contributed by atoms with Gasteiger partial charge in [0.05, 0.1) is 0 Å². The van der Waals surface area contributed by atoms with Crippen molar-refractivity contribution in [3.05, 3.63) is 146 Å². The van der Waals surface area contributed by atoms with E-state index >= 15 is 0 Å². The summed E-state index contributed by atoms with van der Waals surface area (Å²) in [6.45, 7) is 6.36. The van der Waals surface area contributed by atoms with Gasteiger partial charge >= 0.3 is 17.9 Å². The van der Waals surface area contributed by atoms with Gasteiger partial charge in [-0.3, -0.25) is 14.4 Å². The van der Waals surface area contributed by atoms with Crippen LogP contribution in [0, 0.1) is 0 Å². The molecule has 0 radical (unpaired) electrons. The minimum Gasteiger partial charge on any atom is -0.462 e. The van der Waals surface area contributed by atoms with Crippen molar-refractivity contribution >= 4 is 17.9 Å². The monoisotopic (exact) mass is 1150 g/mol. The van der Waals surface area contributed by atoms with Gasteiger partial charge in [0.1, 0.15) is 13.2 Å². The van der Waals surface area contributed by atoms with Crippen LogP contribution in [0.5, 0.6) is 0 Å². The Bertz CT molecular complexity index is 1800. The van der Waals surface area contributed by atoms with Crippen LogP contribution in [0.15, 0.2) is 146 Å². The predicted molar refractivity (Wildman–Crippen MR) is 362 cm³/mol. The van der Waals surface area contributed by atoms with E-state index in [1.807, 2.05) is 0 Å². The molecule has 1 atom stereocenters. The minimum atomic E-state index is -0.794. The van der Waals surface area contributed by atoms with Gasteiger partial charge in [0, 0.05) is 19.3 Å². The molecule has 0 heterocycles. The molecule has 1 unspecified atom stereocenters. The van der Waals surface area contributed by atoms with E-state index in [0.29, 0.717) is 19.3 Å². The first-order valence-corrected chi connectivity index (χ1v) is 34.3. The first kappa shape index (κ1) is 78.3. The van der Waals surface area contributed by atoms with E-state index in [1.54, 1.807) is 0 Å².